The molecule has 1 aromatic carbocycles. The summed E-state index contributed by atoms with van der Waals surface area (Å²) in [5.74, 6) is 0.280. The first-order valence-electron chi connectivity index (χ1n) is 4.31. The molecule has 0 radical (unpaired) electrons. The fourth-order valence-corrected chi connectivity index (χ4v) is 1.34. The predicted octanol–water partition coefficient (Wildman–Crippen LogP) is 2.00. The third kappa shape index (κ3) is 2.13. The van der Waals surface area contributed by atoms with Gasteiger partial charge in [0.2, 0.25) is 0 Å². The molecule has 0 atom stereocenters. The van der Waals surface area contributed by atoms with Gasteiger partial charge in [0.15, 0.2) is 0 Å². The molecule has 0 saturated carbocycles. The molecule has 1 aromatic rings. The van der Waals surface area contributed by atoms with E-state index >= 15 is 0 Å². The maximum absolute atomic E-state index is 11.4. The van der Waals surface area contributed by atoms with E-state index < -0.39 is 0 Å². The molecule has 4 heteroatoms. The zero-order chi connectivity index (χ0) is 9.97. The van der Waals surface area contributed by atoms with Gasteiger partial charge in [0, 0.05) is 4.47 Å². The fraction of sp³-hybridized carbons (Fsp3) is 0.300. The highest BCUT2D eigenvalue weighted by Gasteiger charge is 2.28. The van der Waals surface area contributed by atoms with Crippen molar-refractivity contribution >= 4 is 21.9 Å². The summed E-state index contributed by atoms with van der Waals surface area (Å²) in [5.41, 5.74) is 0. The van der Waals surface area contributed by atoms with Crippen molar-refractivity contribution in [3.05, 3.63) is 28.7 Å². The second-order valence-corrected chi connectivity index (χ2v) is 4.03. The Hall–Kier alpha value is -0.870. The number of benzene rings is 1. The molecule has 0 bridgehead atoms. The lowest BCUT2D eigenvalue weighted by molar-refractivity contribution is -0.153. The predicted molar refractivity (Wildman–Crippen MR) is 54.1 cm³/mol. The monoisotopic (exact) mass is 256 g/mol. The Kier molecular flexibility index (Phi) is 2.84. The summed E-state index contributed by atoms with van der Waals surface area (Å²) < 4.78 is 11.0. The van der Waals surface area contributed by atoms with Gasteiger partial charge in [-0.3, -0.25) is 4.79 Å². The third-order valence-corrected chi connectivity index (χ3v) is 2.53. The molecule has 0 aromatic heterocycles. The molecule has 1 heterocycles. The van der Waals surface area contributed by atoms with E-state index in [4.69, 9.17) is 9.47 Å². The van der Waals surface area contributed by atoms with Crippen LogP contribution in [0.4, 0.5) is 0 Å². The molecule has 0 aliphatic carbocycles. The van der Waals surface area contributed by atoms with Gasteiger partial charge >= 0.3 is 5.97 Å². The third-order valence-electron chi connectivity index (χ3n) is 2.00. The summed E-state index contributed by atoms with van der Waals surface area (Å²) in [6.45, 7) is 0.963. The zero-order valence-corrected chi connectivity index (χ0v) is 8.99. The summed E-state index contributed by atoms with van der Waals surface area (Å²) in [5, 5.41) is 0. The van der Waals surface area contributed by atoms with Crippen LogP contribution in [0.2, 0.25) is 0 Å². The first-order valence-corrected chi connectivity index (χ1v) is 5.10. The maximum atomic E-state index is 11.4. The van der Waals surface area contributed by atoms with E-state index in [1.807, 2.05) is 12.1 Å². The average Bonchev–Trinajstić information content (AvgIpc) is 2.06. The van der Waals surface area contributed by atoms with E-state index in [0.29, 0.717) is 19.0 Å². The Bertz CT molecular complexity index is 330. The van der Waals surface area contributed by atoms with Crippen LogP contribution in [0, 0.1) is 5.92 Å². The topological polar surface area (TPSA) is 35.5 Å². The lowest BCUT2D eigenvalue weighted by atomic mass is 10.1. The highest BCUT2D eigenvalue weighted by atomic mass is 79.9. The number of carbonyl (C=O) groups is 1. The molecule has 0 spiro atoms. The lowest BCUT2D eigenvalue weighted by Crippen LogP contribution is -2.37. The number of rotatable bonds is 2. The number of carbonyl (C=O) groups excluding carboxylic acids is 1. The van der Waals surface area contributed by atoms with Gasteiger partial charge in [-0.1, -0.05) is 15.9 Å². The highest BCUT2D eigenvalue weighted by molar-refractivity contribution is 9.10. The first-order chi connectivity index (χ1) is 6.75. The van der Waals surface area contributed by atoms with Gasteiger partial charge < -0.3 is 9.47 Å². The van der Waals surface area contributed by atoms with Gasteiger partial charge in [0.05, 0.1) is 13.2 Å². The molecule has 1 fully saturated rings. The molecule has 3 nitrogen and oxygen atoms in total. The van der Waals surface area contributed by atoms with Gasteiger partial charge in [-0.25, -0.2) is 0 Å². The number of halogens is 1. The second-order valence-electron chi connectivity index (χ2n) is 3.11. The van der Waals surface area contributed by atoms with Crippen LogP contribution in [-0.2, 0) is 9.53 Å². The zero-order valence-electron chi connectivity index (χ0n) is 7.40. The quantitative estimate of drug-likeness (QED) is 0.600. The standard InChI is InChI=1S/C10H9BrO3/c11-8-1-3-9(4-2-8)14-10(12)7-5-13-6-7/h1-4,7H,5-6H2. The van der Waals surface area contributed by atoms with Crippen molar-refractivity contribution in [2.75, 3.05) is 13.2 Å². The van der Waals surface area contributed by atoms with E-state index in [1.165, 1.54) is 0 Å². The minimum absolute atomic E-state index is 0.0846. The van der Waals surface area contributed by atoms with Gasteiger partial charge in [0.1, 0.15) is 11.7 Å². The number of hydrogen-bond acceptors (Lipinski definition) is 3. The normalized spacial score (nSPS) is 16.1. The number of esters is 1. The van der Waals surface area contributed by atoms with Gasteiger partial charge in [-0.05, 0) is 24.3 Å². The van der Waals surface area contributed by atoms with E-state index in [-0.39, 0.29) is 11.9 Å². The summed E-state index contributed by atoms with van der Waals surface area (Å²) in [4.78, 5) is 11.4. The first kappa shape index (κ1) is 9.68. The van der Waals surface area contributed by atoms with Crippen LogP contribution >= 0.6 is 15.9 Å². The van der Waals surface area contributed by atoms with Crippen molar-refractivity contribution < 1.29 is 14.3 Å². The molecule has 74 valence electrons. The van der Waals surface area contributed by atoms with Crippen molar-refractivity contribution in [3.63, 3.8) is 0 Å². The average molecular weight is 257 g/mol. The van der Waals surface area contributed by atoms with Crippen LogP contribution in [-0.4, -0.2) is 19.2 Å². The Morgan fingerprint density at radius 1 is 1.36 bits per heavy atom. The van der Waals surface area contributed by atoms with Crippen molar-refractivity contribution in [1.82, 2.24) is 0 Å². The van der Waals surface area contributed by atoms with Crippen molar-refractivity contribution in [2.24, 2.45) is 5.92 Å². The van der Waals surface area contributed by atoms with Crippen LogP contribution < -0.4 is 4.74 Å². The van der Waals surface area contributed by atoms with Gasteiger partial charge in [0.25, 0.3) is 0 Å². The number of ether oxygens (including phenoxy) is 2. The van der Waals surface area contributed by atoms with Gasteiger partial charge in [-0.15, -0.1) is 0 Å². The Labute approximate surface area is 90.1 Å². The van der Waals surface area contributed by atoms with Crippen molar-refractivity contribution in [3.8, 4) is 5.75 Å². The van der Waals surface area contributed by atoms with Gasteiger partial charge in [-0.2, -0.15) is 0 Å². The summed E-state index contributed by atoms with van der Waals surface area (Å²) in [7, 11) is 0. The van der Waals surface area contributed by atoms with Crippen molar-refractivity contribution in [2.45, 2.75) is 0 Å². The molecule has 1 aliphatic rings. The minimum Gasteiger partial charge on any atom is -0.426 e. The van der Waals surface area contributed by atoms with E-state index in [9.17, 15) is 4.79 Å². The fourth-order valence-electron chi connectivity index (χ4n) is 1.07. The Morgan fingerprint density at radius 3 is 2.50 bits per heavy atom. The summed E-state index contributed by atoms with van der Waals surface area (Å²) in [6.07, 6.45) is 0. The lowest BCUT2D eigenvalue weighted by Gasteiger charge is -2.23. The second kappa shape index (κ2) is 4.11. The smallest absolute Gasteiger partial charge is 0.319 e. The van der Waals surface area contributed by atoms with Crippen molar-refractivity contribution in [1.29, 1.82) is 0 Å². The van der Waals surface area contributed by atoms with Crippen LogP contribution in [0.5, 0.6) is 5.75 Å². The minimum atomic E-state index is -0.210. The molecule has 1 saturated heterocycles. The largest absolute Gasteiger partial charge is 0.426 e. The summed E-state index contributed by atoms with van der Waals surface area (Å²) in [6, 6.07) is 7.17. The summed E-state index contributed by atoms with van der Waals surface area (Å²) >= 11 is 3.30. The van der Waals surface area contributed by atoms with E-state index in [0.717, 1.165) is 4.47 Å². The Morgan fingerprint density at radius 2 is 2.00 bits per heavy atom. The Balaban J connectivity index is 1.96. The molecule has 14 heavy (non-hydrogen) atoms. The van der Waals surface area contributed by atoms with Crippen LogP contribution in [0.3, 0.4) is 0 Å². The number of hydrogen-bond donors (Lipinski definition) is 0. The molecule has 0 amide bonds. The van der Waals surface area contributed by atoms with Crippen LogP contribution in [0.25, 0.3) is 0 Å². The van der Waals surface area contributed by atoms with E-state index in [1.54, 1.807) is 12.1 Å². The molecule has 0 unspecified atom stereocenters. The SMILES string of the molecule is O=C(Oc1ccc(Br)cc1)C1COC1. The maximum Gasteiger partial charge on any atom is 0.319 e. The van der Waals surface area contributed by atoms with E-state index in [2.05, 4.69) is 15.9 Å². The molecular formula is C10H9BrO3. The molecule has 0 N–H and O–H groups in total. The molecular weight excluding hydrogens is 248 g/mol. The highest BCUT2D eigenvalue weighted by Crippen LogP contribution is 2.19. The molecule has 1 aliphatic heterocycles. The van der Waals surface area contributed by atoms with Crippen LogP contribution in [0.15, 0.2) is 28.7 Å². The molecule has 2 rings (SSSR count). The van der Waals surface area contributed by atoms with Crippen LogP contribution in [0.1, 0.15) is 0 Å².